The maximum absolute atomic E-state index is 12.4. The van der Waals surface area contributed by atoms with Crippen molar-refractivity contribution in [3.8, 4) is 16.9 Å². The van der Waals surface area contributed by atoms with Crippen molar-refractivity contribution in [3.05, 3.63) is 95.1 Å². The first-order valence-electron chi connectivity index (χ1n) is 12.5. The fraction of sp³-hybridized carbons (Fsp3) is 0.290. The summed E-state index contributed by atoms with van der Waals surface area (Å²) < 4.78 is 11.3. The van der Waals surface area contributed by atoms with E-state index in [0.717, 1.165) is 40.8 Å². The average molecular weight is 486 g/mol. The van der Waals surface area contributed by atoms with E-state index in [-0.39, 0.29) is 18.3 Å². The Bertz CT molecular complexity index is 1180. The van der Waals surface area contributed by atoms with Crippen LogP contribution in [0.2, 0.25) is 0 Å². The zero-order valence-electron chi connectivity index (χ0n) is 21.4. The molecular formula is C31H35NO4. The second kappa shape index (κ2) is 14.0. The van der Waals surface area contributed by atoms with Gasteiger partial charge in [0.2, 0.25) is 0 Å². The third-order valence-corrected chi connectivity index (χ3v) is 5.69. The third kappa shape index (κ3) is 7.92. The fourth-order valence-electron chi connectivity index (χ4n) is 3.76. The first-order chi connectivity index (χ1) is 17.5. The summed E-state index contributed by atoms with van der Waals surface area (Å²) in [4.78, 5) is 24.4. The highest BCUT2D eigenvalue weighted by atomic mass is 16.5. The molecule has 188 valence electrons. The molecular weight excluding hydrogens is 450 g/mol. The van der Waals surface area contributed by atoms with Gasteiger partial charge in [0.1, 0.15) is 5.75 Å². The van der Waals surface area contributed by atoms with E-state index in [1.165, 1.54) is 0 Å². The second-order valence-electron chi connectivity index (χ2n) is 8.60. The standard InChI is InChI=1S/C31H35NO4/c1-4-6-17-36-30-20-24(18-23(3)31(34)35-5-2)15-16-28(30)27-14-10-11-25(19-27)21-32-22-29(33)26-12-8-7-9-13-26/h7-16,18-20,32H,4-6,17,21-22H2,1-3H3. The molecule has 0 unspecified atom stereocenters. The van der Waals surface area contributed by atoms with Gasteiger partial charge in [-0.2, -0.15) is 0 Å². The summed E-state index contributed by atoms with van der Waals surface area (Å²) in [6, 6.07) is 23.5. The molecule has 5 heteroatoms. The van der Waals surface area contributed by atoms with Gasteiger partial charge in [0.25, 0.3) is 0 Å². The number of hydrogen-bond acceptors (Lipinski definition) is 5. The predicted octanol–water partition coefficient (Wildman–Crippen LogP) is 6.47. The Morgan fingerprint density at radius 2 is 1.75 bits per heavy atom. The Morgan fingerprint density at radius 3 is 2.50 bits per heavy atom. The minimum Gasteiger partial charge on any atom is -0.493 e. The molecule has 0 spiro atoms. The molecule has 0 fully saturated rings. The normalized spacial score (nSPS) is 11.2. The summed E-state index contributed by atoms with van der Waals surface area (Å²) in [6.45, 7) is 7.51. The molecule has 0 radical (unpaired) electrons. The van der Waals surface area contributed by atoms with Crippen LogP contribution in [0.5, 0.6) is 5.75 Å². The van der Waals surface area contributed by atoms with Crippen molar-refractivity contribution in [2.75, 3.05) is 19.8 Å². The van der Waals surface area contributed by atoms with Crippen molar-refractivity contribution in [1.29, 1.82) is 0 Å². The van der Waals surface area contributed by atoms with E-state index in [0.29, 0.717) is 30.9 Å². The van der Waals surface area contributed by atoms with E-state index in [1.54, 1.807) is 13.8 Å². The maximum atomic E-state index is 12.4. The van der Waals surface area contributed by atoms with Crippen LogP contribution in [0.15, 0.2) is 78.4 Å². The lowest BCUT2D eigenvalue weighted by Crippen LogP contribution is -2.22. The van der Waals surface area contributed by atoms with Gasteiger partial charge in [-0.1, -0.05) is 74.0 Å². The lowest BCUT2D eigenvalue weighted by molar-refractivity contribution is -0.138. The molecule has 0 aliphatic rings. The zero-order valence-corrected chi connectivity index (χ0v) is 21.4. The van der Waals surface area contributed by atoms with Crippen molar-refractivity contribution in [3.63, 3.8) is 0 Å². The third-order valence-electron chi connectivity index (χ3n) is 5.69. The SMILES string of the molecule is CCCCOc1cc(C=C(C)C(=O)OCC)ccc1-c1cccc(CNCC(=O)c2ccccc2)c1. The summed E-state index contributed by atoms with van der Waals surface area (Å²) >= 11 is 0. The minimum absolute atomic E-state index is 0.0696. The Hall–Kier alpha value is -3.70. The Labute approximate surface area is 214 Å². The first kappa shape index (κ1) is 26.9. The number of nitrogens with one attached hydrogen (secondary N) is 1. The van der Waals surface area contributed by atoms with E-state index in [1.807, 2.05) is 66.7 Å². The van der Waals surface area contributed by atoms with Crippen LogP contribution in [0.25, 0.3) is 17.2 Å². The van der Waals surface area contributed by atoms with Crippen molar-refractivity contribution in [2.24, 2.45) is 0 Å². The minimum atomic E-state index is -0.319. The van der Waals surface area contributed by atoms with Gasteiger partial charge < -0.3 is 14.8 Å². The number of unbranched alkanes of at least 4 members (excludes halogenated alkanes) is 1. The number of Topliss-reactive ketones (excluding diaryl/α,β-unsaturated/α-hetero) is 1. The Balaban J connectivity index is 1.77. The van der Waals surface area contributed by atoms with E-state index in [4.69, 9.17) is 9.47 Å². The number of ketones is 1. The van der Waals surface area contributed by atoms with Gasteiger partial charge in [-0.05, 0) is 55.2 Å². The summed E-state index contributed by atoms with van der Waals surface area (Å²) in [6.07, 6.45) is 3.82. The van der Waals surface area contributed by atoms with Crippen LogP contribution in [0.1, 0.15) is 55.1 Å². The smallest absolute Gasteiger partial charge is 0.333 e. The number of ether oxygens (including phenoxy) is 2. The molecule has 0 amide bonds. The molecule has 0 aliphatic carbocycles. The van der Waals surface area contributed by atoms with Crippen molar-refractivity contribution >= 4 is 17.8 Å². The molecule has 0 aliphatic heterocycles. The molecule has 3 aromatic rings. The van der Waals surface area contributed by atoms with Gasteiger partial charge in [-0.3, -0.25) is 4.79 Å². The molecule has 3 aromatic carbocycles. The largest absolute Gasteiger partial charge is 0.493 e. The van der Waals surface area contributed by atoms with Crippen LogP contribution < -0.4 is 10.1 Å². The Kier molecular flexibility index (Phi) is 10.5. The van der Waals surface area contributed by atoms with E-state index >= 15 is 0 Å². The monoisotopic (exact) mass is 485 g/mol. The highest BCUT2D eigenvalue weighted by molar-refractivity contribution is 5.97. The number of hydrogen-bond donors (Lipinski definition) is 1. The van der Waals surface area contributed by atoms with Crippen LogP contribution in [0.3, 0.4) is 0 Å². The molecule has 0 saturated carbocycles. The number of esters is 1. The predicted molar refractivity (Wildman–Crippen MR) is 145 cm³/mol. The van der Waals surface area contributed by atoms with Crippen LogP contribution >= 0.6 is 0 Å². The van der Waals surface area contributed by atoms with Gasteiger partial charge in [0, 0.05) is 23.2 Å². The van der Waals surface area contributed by atoms with Gasteiger partial charge >= 0.3 is 5.97 Å². The number of carbonyl (C=O) groups excluding carboxylic acids is 2. The van der Waals surface area contributed by atoms with Crippen LogP contribution in [-0.2, 0) is 16.1 Å². The molecule has 0 heterocycles. The maximum Gasteiger partial charge on any atom is 0.333 e. The topological polar surface area (TPSA) is 64.6 Å². The Morgan fingerprint density at radius 1 is 0.944 bits per heavy atom. The van der Waals surface area contributed by atoms with Gasteiger partial charge in [-0.15, -0.1) is 0 Å². The number of carbonyl (C=O) groups is 2. The first-order valence-corrected chi connectivity index (χ1v) is 12.5. The van der Waals surface area contributed by atoms with Crippen molar-refractivity contribution in [1.82, 2.24) is 5.32 Å². The molecule has 36 heavy (non-hydrogen) atoms. The average Bonchev–Trinajstić information content (AvgIpc) is 2.90. The second-order valence-corrected chi connectivity index (χ2v) is 8.60. The summed E-state index contributed by atoms with van der Waals surface area (Å²) in [5, 5.41) is 3.25. The number of benzene rings is 3. The lowest BCUT2D eigenvalue weighted by Gasteiger charge is -2.14. The van der Waals surface area contributed by atoms with Crippen molar-refractivity contribution in [2.45, 2.75) is 40.2 Å². The van der Waals surface area contributed by atoms with Gasteiger partial charge in [0.05, 0.1) is 19.8 Å². The number of rotatable bonds is 13. The van der Waals surface area contributed by atoms with E-state index in [9.17, 15) is 9.59 Å². The van der Waals surface area contributed by atoms with Crippen LogP contribution in [-0.4, -0.2) is 31.5 Å². The fourth-order valence-corrected chi connectivity index (χ4v) is 3.76. The quantitative estimate of drug-likeness (QED) is 0.130. The molecule has 0 saturated heterocycles. The summed E-state index contributed by atoms with van der Waals surface area (Å²) in [7, 11) is 0. The summed E-state index contributed by atoms with van der Waals surface area (Å²) in [5.74, 6) is 0.527. The van der Waals surface area contributed by atoms with Gasteiger partial charge in [-0.25, -0.2) is 4.79 Å². The summed E-state index contributed by atoms with van der Waals surface area (Å²) in [5.41, 5.74) is 5.23. The molecule has 5 nitrogen and oxygen atoms in total. The van der Waals surface area contributed by atoms with Crippen molar-refractivity contribution < 1.29 is 19.1 Å². The highest BCUT2D eigenvalue weighted by Crippen LogP contribution is 2.32. The molecule has 3 rings (SSSR count). The van der Waals surface area contributed by atoms with E-state index < -0.39 is 0 Å². The molecule has 0 bridgehead atoms. The van der Waals surface area contributed by atoms with E-state index in [2.05, 4.69) is 24.4 Å². The molecule has 0 aromatic heterocycles. The van der Waals surface area contributed by atoms with Gasteiger partial charge in [0.15, 0.2) is 5.78 Å². The molecule has 1 N–H and O–H groups in total. The molecule has 0 atom stereocenters. The lowest BCUT2D eigenvalue weighted by atomic mass is 9.99. The zero-order chi connectivity index (χ0) is 25.8. The highest BCUT2D eigenvalue weighted by Gasteiger charge is 2.11. The van der Waals surface area contributed by atoms with Crippen LogP contribution in [0, 0.1) is 0 Å². The van der Waals surface area contributed by atoms with Crippen LogP contribution in [0.4, 0.5) is 0 Å².